The minimum Gasteiger partial charge on any atom is -0.272 e. The zero-order valence-electron chi connectivity index (χ0n) is 6.60. The molecular formula is C8H11ClN2. The molecular weight excluding hydrogens is 160 g/mol. The zero-order chi connectivity index (χ0) is 7.84. The molecule has 0 radical (unpaired) electrons. The van der Waals surface area contributed by atoms with Crippen molar-refractivity contribution in [1.29, 1.82) is 0 Å². The number of rotatable bonds is 1. The quantitative estimate of drug-likeness (QED) is 0.586. The van der Waals surface area contributed by atoms with Crippen LogP contribution in [0, 0.1) is 0 Å². The van der Waals surface area contributed by atoms with Gasteiger partial charge in [0.15, 0.2) is 0 Å². The van der Waals surface area contributed by atoms with Crippen LogP contribution in [0.4, 0.5) is 0 Å². The molecule has 11 heavy (non-hydrogen) atoms. The summed E-state index contributed by atoms with van der Waals surface area (Å²) in [4.78, 5) is 0. The first-order valence-electron chi connectivity index (χ1n) is 3.92. The van der Waals surface area contributed by atoms with Gasteiger partial charge >= 0.3 is 0 Å². The first kappa shape index (κ1) is 7.17. The fourth-order valence-electron chi connectivity index (χ4n) is 1.80. The van der Waals surface area contributed by atoms with Crippen molar-refractivity contribution in [3.8, 4) is 0 Å². The van der Waals surface area contributed by atoms with Crippen LogP contribution >= 0.6 is 11.6 Å². The fourth-order valence-corrected chi connectivity index (χ4v) is 2.02. The minimum absolute atomic E-state index is 0.559. The molecule has 1 aliphatic rings. The molecule has 0 bridgehead atoms. The summed E-state index contributed by atoms with van der Waals surface area (Å²) in [5.74, 6) is 0.559. The summed E-state index contributed by atoms with van der Waals surface area (Å²) in [6.07, 6.45) is 3.62. The van der Waals surface area contributed by atoms with Crippen LogP contribution in [0.15, 0.2) is 0 Å². The van der Waals surface area contributed by atoms with Gasteiger partial charge in [-0.3, -0.25) is 4.68 Å². The number of aromatic nitrogens is 2. The Hall–Kier alpha value is -0.500. The first-order valence-corrected chi connectivity index (χ1v) is 4.46. The Kier molecular flexibility index (Phi) is 1.64. The third kappa shape index (κ3) is 0.968. The van der Waals surface area contributed by atoms with Gasteiger partial charge in [0.25, 0.3) is 0 Å². The van der Waals surface area contributed by atoms with Crippen molar-refractivity contribution in [3.05, 3.63) is 17.0 Å². The van der Waals surface area contributed by atoms with Gasteiger partial charge in [0.1, 0.15) is 0 Å². The maximum atomic E-state index is 5.75. The van der Waals surface area contributed by atoms with E-state index in [-0.39, 0.29) is 0 Å². The van der Waals surface area contributed by atoms with Crippen molar-refractivity contribution in [2.45, 2.75) is 25.1 Å². The molecule has 0 fully saturated rings. The number of fused-ring (bicyclic) bond motifs is 1. The Bertz CT molecular complexity index is 278. The normalized spacial score (nSPS) is 15.5. The van der Waals surface area contributed by atoms with Gasteiger partial charge < -0.3 is 0 Å². The van der Waals surface area contributed by atoms with Crippen LogP contribution in [-0.4, -0.2) is 9.78 Å². The van der Waals surface area contributed by atoms with Crippen molar-refractivity contribution in [2.75, 3.05) is 0 Å². The lowest BCUT2D eigenvalue weighted by Gasteiger charge is -1.92. The fraction of sp³-hybridized carbons (Fsp3) is 0.625. The Labute approximate surface area is 71.2 Å². The second-order valence-electron chi connectivity index (χ2n) is 2.98. The van der Waals surface area contributed by atoms with E-state index in [9.17, 15) is 0 Å². The van der Waals surface area contributed by atoms with Crippen LogP contribution in [0.5, 0.6) is 0 Å². The van der Waals surface area contributed by atoms with Crippen LogP contribution in [-0.2, 0) is 25.8 Å². The van der Waals surface area contributed by atoms with Crippen molar-refractivity contribution in [1.82, 2.24) is 9.78 Å². The standard InChI is InChI=1S/C8H11ClN2/c1-11-8-4-2-3-6(8)7(5-9)10-11/h2-5H2,1H3. The van der Waals surface area contributed by atoms with Crippen molar-refractivity contribution in [3.63, 3.8) is 0 Å². The Balaban J connectivity index is 2.52. The Morgan fingerprint density at radius 2 is 2.36 bits per heavy atom. The molecule has 1 aromatic heterocycles. The molecule has 0 aliphatic heterocycles. The van der Waals surface area contributed by atoms with Gasteiger partial charge in [0.05, 0.1) is 11.6 Å². The lowest BCUT2D eigenvalue weighted by Crippen LogP contribution is -1.96. The molecule has 1 heterocycles. The Morgan fingerprint density at radius 1 is 1.55 bits per heavy atom. The SMILES string of the molecule is Cn1nc(CCl)c2c1CCC2. The zero-order valence-corrected chi connectivity index (χ0v) is 7.36. The van der Waals surface area contributed by atoms with E-state index in [0.717, 1.165) is 5.69 Å². The molecule has 60 valence electrons. The highest BCUT2D eigenvalue weighted by Crippen LogP contribution is 2.25. The van der Waals surface area contributed by atoms with Gasteiger partial charge in [-0.15, -0.1) is 11.6 Å². The predicted octanol–water partition coefficient (Wildman–Crippen LogP) is 1.65. The highest BCUT2D eigenvalue weighted by atomic mass is 35.5. The van der Waals surface area contributed by atoms with Gasteiger partial charge in [0.2, 0.25) is 0 Å². The van der Waals surface area contributed by atoms with E-state index < -0.39 is 0 Å². The van der Waals surface area contributed by atoms with E-state index in [2.05, 4.69) is 5.10 Å². The highest BCUT2D eigenvalue weighted by Gasteiger charge is 2.19. The summed E-state index contributed by atoms with van der Waals surface area (Å²) >= 11 is 5.75. The molecule has 0 unspecified atom stereocenters. The summed E-state index contributed by atoms with van der Waals surface area (Å²) in [7, 11) is 2.00. The molecule has 0 atom stereocenters. The Morgan fingerprint density at radius 3 is 3.09 bits per heavy atom. The number of aryl methyl sites for hydroxylation is 1. The van der Waals surface area contributed by atoms with E-state index in [1.807, 2.05) is 11.7 Å². The predicted molar refractivity (Wildman–Crippen MR) is 44.8 cm³/mol. The van der Waals surface area contributed by atoms with Crippen LogP contribution in [0.1, 0.15) is 23.4 Å². The molecule has 0 N–H and O–H groups in total. The molecule has 0 saturated heterocycles. The molecule has 3 heteroatoms. The number of hydrogen-bond acceptors (Lipinski definition) is 1. The first-order chi connectivity index (χ1) is 5.33. The number of halogens is 1. The van der Waals surface area contributed by atoms with E-state index in [1.165, 1.54) is 30.5 Å². The molecule has 1 aliphatic carbocycles. The van der Waals surface area contributed by atoms with Gasteiger partial charge in [-0.05, 0) is 24.8 Å². The smallest absolute Gasteiger partial charge is 0.0806 e. The lowest BCUT2D eigenvalue weighted by atomic mass is 10.2. The van der Waals surface area contributed by atoms with Gasteiger partial charge in [0, 0.05) is 12.7 Å². The van der Waals surface area contributed by atoms with Crippen LogP contribution in [0.3, 0.4) is 0 Å². The molecule has 0 aromatic carbocycles. The average Bonchev–Trinajstić information content (AvgIpc) is 2.54. The number of alkyl halides is 1. The number of nitrogens with zero attached hydrogens (tertiary/aromatic N) is 2. The minimum atomic E-state index is 0.559. The molecule has 0 amide bonds. The molecule has 0 spiro atoms. The molecule has 1 aromatic rings. The molecule has 2 nitrogen and oxygen atoms in total. The van der Waals surface area contributed by atoms with Gasteiger partial charge in [-0.1, -0.05) is 0 Å². The van der Waals surface area contributed by atoms with E-state index in [4.69, 9.17) is 11.6 Å². The summed E-state index contributed by atoms with van der Waals surface area (Å²) < 4.78 is 1.97. The number of hydrogen-bond donors (Lipinski definition) is 0. The van der Waals surface area contributed by atoms with Crippen molar-refractivity contribution in [2.24, 2.45) is 7.05 Å². The molecule has 0 saturated carbocycles. The summed E-state index contributed by atoms with van der Waals surface area (Å²) in [6.45, 7) is 0. The topological polar surface area (TPSA) is 17.8 Å². The largest absolute Gasteiger partial charge is 0.272 e. The monoisotopic (exact) mass is 170 g/mol. The maximum Gasteiger partial charge on any atom is 0.0806 e. The van der Waals surface area contributed by atoms with Crippen LogP contribution in [0.25, 0.3) is 0 Å². The van der Waals surface area contributed by atoms with Gasteiger partial charge in [-0.2, -0.15) is 5.10 Å². The lowest BCUT2D eigenvalue weighted by molar-refractivity contribution is 0.696. The van der Waals surface area contributed by atoms with Crippen molar-refractivity contribution < 1.29 is 0 Å². The van der Waals surface area contributed by atoms with Crippen LogP contribution < -0.4 is 0 Å². The van der Waals surface area contributed by atoms with Crippen molar-refractivity contribution >= 4 is 11.6 Å². The average molecular weight is 171 g/mol. The maximum absolute atomic E-state index is 5.75. The summed E-state index contributed by atoms with van der Waals surface area (Å²) in [6, 6.07) is 0. The summed E-state index contributed by atoms with van der Waals surface area (Å²) in [5, 5.41) is 4.34. The second-order valence-corrected chi connectivity index (χ2v) is 3.25. The molecule has 2 rings (SSSR count). The summed E-state index contributed by atoms with van der Waals surface area (Å²) in [5.41, 5.74) is 3.88. The van der Waals surface area contributed by atoms with E-state index >= 15 is 0 Å². The second kappa shape index (κ2) is 2.52. The third-order valence-corrected chi connectivity index (χ3v) is 2.58. The van der Waals surface area contributed by atoms with Gasteiger partial charge in [-0.25, -0.2) is 0 Å². The van der Waals surface area contributed by atoms with Crippen LogP contribution in [0.2, 0.25) is 0 Å². The third-order valence-electron chi connectivity index (χ3n) is 2.32. The highest BCUT2D eigenvalue weighted by molar-refractivity contribution is 6.17. The van der Waals surface area contributed by atoms with E-state index in [1.54, 1.807) is 0 Å². The van der Waals surface area contributed by atoms with E-state index in [0.29, 0.717) is 5.88 Å².